The van der Waals surface area contributed by atoms with Gasteiger partial charge in [-0.15, -0.1) is 11.3 Å². The van der Waals surface area contributed by atoms with Gasteiger partial charge in [0, 0.05) is 17.6 Å². The summed E-state index contributed by atoms with van der Waals surface area (Å²) in [5, 5.41) is 11.2. The highest BCUT2D eigenvalue weighted by atomic mass is 32.1. The number of aryl methyl sites for hydroxylation is 1. The lowest BCUT2D eigenvalue weighted by Crippen LogP contribution is -2.40. The van der Waals surface area contributed by atoms with Crippen LogP contribution in [0.25, 0.3) is 0 Å². The van der Waals surface area contributed by atoms with E-state index in [1.807, 2.05) is 0 Å². The Bertz CT molecular complexity index is 775. The molecule has 2 heterocycles. The summed E-state index contributed by atoms with van der Waals surface area (Å²) in [5.74, 6) is 0. The highest BCUT2D eigenvalue weighted by Gasteiger charge is 2.19. The summed E-state index contributed by atoms with van der Waals surface area (Å²) in [7, 11) is 0. The molecule has 0 spiro atoms. The summed E-state index contributed by atoms with van der Waals surface area (Å²) in [5.41, 5.74) is 3.30. The fourth-order valence-electron chi connectivity index (χ4n) is 1.68. The molecule has 0 aromatic carbocycles. The van der Waals surface area contributed by atoms with Crippen molar-refractivity contribution in [2.45, 2.75) is 20.0 Å². The lowest BCUT2D eigenvalue weighted by Gasteiger charge is -2.07. The van der Waals surface area contributed by atoms with Crippen LogP contribution in [0.3, 0.4) is 0 Å². The number of hydrogen-bond donors (Lipinski definition) is 1. The number of anilines is 1. The summed E-state index contributed by atoms with van der Waals surface area (Å²) in [6, 6.07) is 0. The van der Waals surface area contributed by atoms with Crippen LogP contribution in [0.4, 0.5) is 10.8 Å². The standard InChI is InChI=1S/C10H11N5O4S/c1-2-13-5-7(15(18)19)8(16)14(10(13)17)4-6-3-12-9(11)20-6/h3,5H,2,4H2,1H3,(H2,11,12). The number of rotatable bonds is 4. The molecule has 0 amide bonds. The molecule has 0 radical (unpaired) electrons. The van der Waals surface area contributed by atoms with Crippen molar-refractivity contribution in [3.05, 3.63) is 48.2 Å². The van der Waals surface area contributed by atoms with Gasteiger partial charge in [0.2, 0.25) is 0 Å². The number of nitrogen functional groups attached to an aromatic ring is 1. The van der Waals surface area contributed by atoms with Crippen LogP contribution >= 0.6 is 11.3 Å². The molecule has 20 heavy (non-hydrogen) atoms. The quantitative estimate of drug-likeness (QED) is 0.626. The average molecular weight is 297 g/mol. The van der Waals surface area contributed by atoms with Gasteiger partial charge in [0.15, 0.2) is 5.13 Å². The van der Waals surface area contributed by atoms with E-state index in [1.165, 1.54) is 6.20 Å². The van der Waals surface area contributed by atoms with E-state index in [9.17, 15) is 19.7 Å². The van der Waals surface area contributed by atoms with Gasteiger partial charge in [-0.05, 0) is 6.92 Å². The molecular weight excluding hydrogens is 286 g/mol. The maximum Gasteiger partial charge on any atom is 0.350 e. The van der Waals surface area contributed by atoms with Crippen molar-refractivity contribution in [1.82, 2.24) is 14.1 Å². The van der Waals surface area contributed by atoms with Crippen molar-refractivity contribution < 1.29 is 4.92 Å². The van der Waals surface area contributed by atoms with Gasteiger partial charge in [-0.2, -0.15) is 0 Å². The smallest absolute Gasteiger partial charge is 0.350 e. The molecule has 2 aromatic heterocycles. The van der Waals surface area contributed by atoms with Crippen molar-refractivity contribution in [2.75, 3.05) is 5.73 Å². The van der Waals surface area contributed by atoms with Gasteiger partial charge >= 0.3 is 16.9 Å². The monoisotopic (exact) mass is 297 g/mol. The van der Waals surface area contributed by atoms with Gasteiger partial charge in [-0.3, -0.25) is 19.5 Å². The lowest BCUT2D eigenvalue weighted by atomic mass is 10.4. The van der Waals surface area contributed by atoms with E-state index in [2.05, 4.69) is 4.98 Å². The minimum absolute atomic E-state index is 0.0891. The molecule has 0 atom stereocenters. The van der Waals surface area contributed by atoms with E-state index >= 15 is 0 Å². The van der Waals surface area contributed by atoms with Crippen molar-refractivity contribution in [1.29, 1.82) is 0 Å². The van der Waals surface area contributed by atoms with Crippen molar-refractivity contribution in [3.63, 3.8) is 0 Å². The Morgan fingerprint density at radius 3 is 2.70 bits per heavy atom. The SMILES string of the molecule is CCn1cc([N+](=O)[O-])c(=O)n(Cc2cnc(N)s2)c1=O. The van der Waals surface area contributed by atoms with E-state index in [4.69, 9.17) is 5.73 Å². The van der Waals surface area contributed by atoms with E-state index in [0.717, 1.165) is 26.7 Å². The van der Waals surface area contributed by atoms with Gasteiger partial charge in [0.25, 0.3) is 0 Å². The number of nitro groups is 1. The Balaban J connectivity index is 2.61. The highest BCUT2D eigenvalue weighted by molar-refractivity contribution is 7.15. The zero-order valence-corrected chi connectivity index (χ0v) is 11.3. The average Bonchev–Trinajstić information content (AvgIpc) is 2.80. The minimum Gasteiger partial charge on any atom is -0.375 e. The molecule has 9 nitrogen and oxygen atoms in total. The van der Waals surface area contributed by atoms with Gasteiger partial charge in [-0.25, -0.2) is 14.3 Å². The molecule has 2 N–H and O–H groups in total. The number of hydrogen-bond acceptors (Lipinski definition) is 7. The topological polar surface area (TPSA) is 126 Å². The molecule has 0 aliphatic rings. The van der Waals surface area contributed by atoms with Crippen molar-refractivity contribution >= 4 is 22.2 Å². The van der Waals surface area contributed by atoms with Crippen LogP contribution in [-0.4, -0.2) is 19.0 Å². The van der Waals surface area contributed by atoms with Crippen LogP contribution in [-0.2, 0) is 13.1 Å². The van der Waals surface area contributed by atoms with Crippen LogP contribution in [0.15, 0.2) is 22.0 Å². The normalized spacial score (nSPS) is 10.7. The molecule has 106 valence electrons. The Morgan fingerprint density at radius 2 is 2.20 bits per heavy atom. The molecule has 0 bridgehead atoms. The zero-order chi connectivity index (χ0) is 14.9. The molecule has 2 aromatic rings. The van der Waals surface area contributed by atoms with Crippen molar-refractivity contribution in [3.8, 4) is 0 Å². The molecule has 10 heteroatoms. The first kappa shape index (κ1) is 13.9. The molecule has 0 fully saturated rings. The minimum atomic E-state index is -0.934. The predicted molar refractivity (Wildman–Crippen MR) is 72.9 cm³/mol. The van der Waals surface area contributed by atoms with Gasteiger partial charge < -0.3 is 5.73 Å². The van der Waals surface area contributed by atoms with Crippen LogP contribution in [0, 0.1) is 10.1 Å². The fraction of sp³-hybridized carbons (Fsp3) is 0.300. The first-order valence-electron chi connectivity index (χ1n) is 5.63. The number of thiazole rings is 1. The second-order valence-corrected chi connectivity index (χ2v) is 5.04. The maximum atomic E-state index is 12.1. The second-order valence-electron chi connectivity index (χ2n) is 3.90. The first-order chi connectivity index (χ1) is 9.43. The molecular formula is C10H11N5O4S. The van der Waals surface area contributed by atoms with Gasteiger partial charge in [0.05, 0.1) is 17.7 Å². The molecule has 0 aliphatic carbocycles. The maximum absolute atomic E-state index is 12.1. The van der Waals surface area contributed by atoms with Crippen molar-refractivity contribution in [2.24, 2.45) is 0 Å². The molecule has 0 unspecified atom stereocenters. The lowest BCUT2D eigenvalue weighted by molar-refractivity contribution is -0.387. The van der Waals surface area contributed by atoms with Crippen LogP contribution < -0.4 is 17.0 Å². The third kappa shape index (κ3) is 2.45. The molecule has 2 rings (SSSR count). The van der Waals surface area contributed by atoms with E-state index in [0.29, 0.717) is 10.0 Å². The summed E-state index contributed by atoms with van der Waals surface area (Å²) < 4.78 is 1.93. The third-order valence-electron chi connectivity index (χ3n) is 2.64. The van der Waals surface area contributed by atoms with E-state index in [-0.39, 0.29) is 13.1 Å². The Labute approximate surface area is 116 Å². The van der Waals surface area contributed by atoms with Gasteiger partial charge in [-0.1, -0.05) is 0 Å². The van der Waals surface area contributed by atoms with Crippen LogP contribution in [0.1, 0.15) is 11.8 Å². The highest BCUT2D eigenvalue weighted by Crippen LogP contribution is 2.14. The Morgan fingerprint density at radius 1 is 1.50 bits per heavy atom. The first-order valence-corrected chi connectivity index (χ1v) is 6.44. The number of nitrogens with two attached hydrogens (primary N) is 1. The predicted octanol–water partition coefficient (Wildman–Crippen LogP) is 0.0251. The second kappa shape index (κ2) is 5.25. The molecule has 0 saturated heterocycles. The third-order valence-corrected chi connectivity index (χ3v) is 3.45. The summed E-state index contributed by atoms with van der Waals surface area (Å²) in [6.45, 7) is 1.80. The van der Waals surface area contributed by atoms with Crippen LogP contribution in [0.2, 0.25) is 0 Å². The Kier molecular flexibility index (Phi) is 3.66. The number of nitrogens with zero attached hydrogens (tertiary/aromatic N) is 4. The van der Waals surface area contributed by atoms with Gasteiger partial charge in [0.1, 0.15) is 0 Å². The largest absolute Gasteiger partial charge is 0.375 e. The number of aromatic nitrogens is 3. The molecule has 0 saturated carbocycles. The van der Waals surface area contributed by atoms with Crippen LogP contribution in [0.5, 0.6) is 0 Å². The fourth-order valence-corrected chi connectivity index (χ4v) is 2.35. The summed E-state index contributed by atoms with van der Waals surface area (Å²) in [4.78, 5) is 38.5. The summed E-state index contributed by atoms with van der Waals surface area (Å²) >= 11 is 1.12. The van der Waals surface area contributed by atoms with E-state index in [1.54, 1.807) is 6.92 Å². The summed E-state index contributed by atoms with van der Waals surface area (Å²) in [6.07, 6.45) is 2.39. The zero-order valence-electron chi connectivity index (χ0n) is 10.5. The van der Waals surface area contributed by atoms with E-state index < -0.39 is 21.9 Å². The Hall–Kier alpha value is -2.49. The molecule has 0 aliphatic heterocycles.